The lowest BCUT2D eigenvalue weighted by molar-refractivity contribution is 0.137. The summed E-state index contributed by atoms with van der Waals surface area (Å²) in [5.74, 6) is 1.39. The lowest BCUT2D eigenvalue weighted by Crippen LogP contribution is -2.35. The molecule has 8 heteroatoms. The van der Waals surface area contributed by atoms with Crippen LogP contribution in [0.1, 0.15) is 31.0 Å². The third kappa shape index (κ3) is 1.68. The standard InChI is InChI=1S/C13H14BrN5O2/c14-10-9-11(15)16-3-4-18(9)12(17-10)7-5-6-1-2-8(7)19(6)13(20)21/h3-4,6-8H,1-2,5H2,(H2,15,16)(H,20,21). The SMILES string of the molecule is Nc1nccn2c(C3CC4CCC3N4C(=O)O)nc(Br)c12. The molecule has 2 aliphatic heterocycles. The van der Waals surface area contributed by atoms with Crippen LogP contribution < -0.4 is 5.73 Å². The molecule has 3 N–H and O–H groups in total. The number of aromatic nitrogens is 3. The quantitative estimate of drug-likeness (QED) is 0.819. The molecule has 0 saturated carbocycles. The van der Waals surface area contributed by atoms with Crippen LogP contribution in [0.3, 0.4) is 0 Å². The zero-order chi connectivity index (χ0) is 14.7. The number of rotatable bonds is 1. The van der Waals surface area contributed by atoms with Gasteiger partial charge in [-0.15, -0.1) is 0 Å². The van der Waals surface area contributed by atoms with Crippen LogP contribution in [0.25, 0.3) is 5.52 Å². The number of nitrogens with zero attached hydrogens (tertiary/aromatic N) is 4. The summed E-state index contributed by atoms with van der Waals surface area (Å²) in [6, 6.07) is 0.127. The van der Waals surface area contributed by atoms with E-state index in [0.717, 1.165) is 30.6 Å². The first-order valence-corrected chi connectivity index (χ1v) is 7.66. The first-order valence-electron chi connectivity index (χ1n) is 6.87. The second kappa shape index (κ2) is 4.33. The van der Waals surface area contributed by atoms with Crippen LogP contribution in [0.15, 0.2) is 17.0 Å². The van der Waals surface area contributed by atoms with Crippen LogP contribution >= 0.6 is 15.9 Å². The molecule has 4 heterocycles. The van der Waals surface area contributed by atoms with Gasteiger partial charge >= 0.3 is 6.09 Å². The molecule has 4 rings (SSSR count). The highest BCUT2D eigenvalue weighted by Gasteiger charge is 2.50. The first-order chi connectivity index (χ1) is 10.1. The van der Waals surface area contributed by atoms with Gasteiger partial charge in [-0.3, -0.25) is 4.40 Å². The highest BCUT2D eigenvalue weighted by atomic mass is 79.9. The Kier molecular flexibility index (Phi) is 2.66. The summed E-state index contributed by atoms with van der Waals surface area (Å²) in [6.07, 6.45) is 5.31. The summed E-state index contributed by atoms with van der Waals surface area (Å²) in [5.41, 5.74) is 6.66. The van der Waals surface area contributed by atoms with E-state index in [-0.39, 0.29) is 18.0 Å². The smallest absolute Gasteiger partial charge is 0.407 e. The molecular formula is C13H14BrN5O2. The summed E-state index contributed by atoms with van der Waals surface area (Å²) in [6.45, 7) is 0. The van der Waals surface area contributed by atoms with Gasteiger partial charge in [0.25, 0.3) is 0 Å². The summed E-state index contributed by atoms with van der Waals surface area (Å²) in [7, 11) is 0. The number of nitrogen functional groups attached to an aromatic ring is 1. The van der Waals surface area contributed by atoms with Crippen molar-refractivity contribution in [3.63, 3.8) is 0 Å². The molecular weight excluding hydrogens is 338 g/mol. The van der Waals surface area contributed by atoms with Gasteiger partial charge in [-0.1, -0.05) is 0 Å². The van der Waals surface area contributed by atoms with E-state index < -0.39 is 6.09 Å². The highest BCUT2D eigenvalue weighted by Crippen LogP contribution is 2.47. The molecule has 3 atom stereocenters. The van der Waals surface area contributed by atoms with Crippen molar-refractivity contribution in [1.29, 1.82) is 0 Å². The van der Waals surface area contributed by atoms with Gasteiger partial charge in [0.05, 0.1) is 0 Å². The fourth-order valence-corrected chi connectivity index (χ4v) is 4.44. The van der Waals surface area contributed by atoms with Crippen LogP contribution in [0, 0.1) is 0 Å². The maximum atomic E-state index is 11.4. The zero-order valence-corrected chi connectivity index (χ0v) is 12.7. The molecule has 2 aromatic rings. The molecule has 1 amide bonds. The maximum absolute atomic E-state index is 11.4. The highest BCUT2D eigenvalue weighted by molar-refractivity contribution is 9.10. The van der Waals surface area contributed by atoms with E-state index in [4.69, 9.17) is 5.73 Å². The number of hydrogen-bond acceptors (Lipinski definition) is 4. The van der Waals surface area contributed by atoms with Gasteiger partial charge in [0.2, 0.25) is 0 Å². The van der Waals surface area contributed by atoms with Crippen LogP contribution in [-0.4, -0.2) is 42.6 Å². The van der Waals surface area contributed by atoms with Gasteiger partial charge in [-0.2, -0.15) is 0 Å². The molecule has 2 bridgehead atoms. The minimum absolute atomic E-state index is 0.0133. The zero-order valence-electron chi connectivity index (χ0n) is 11.1. The number of hydrogen-bond donors (Lipinski definition) is 2. The number of anilines is 1. The summed E-state index contributed by atoms with van der Waals surface area (Å²) in [4.78, 5) is 21.7. The molecule has 0 aliphatic carbocycles. The number of nitrogens with two attached hydrogens (primary N) is 1. The normalized spacial score (nSPS) is 27.7. The van der Waals surface area contributed by atoms with Crippen molar-refractivity contribution in [3.05, 3.63) is 22.8 Å². The molecule has 0 spiro atoms. The fourth-order valence-electron chi connectivity index (χ4n) is 3.87. The second-order valence-electron chi connectivity index (χ2n) is 5.62. The number of halogens is 1. The predicted molar refractivity (Wildman–Crippen MR) is 79.1 cm³/mol. The van der Waals surface area contributed by atoms with Crippen molar-refractivity contribution in [3.8, 4) is 0 Å². The lowest BCUT2D eigenvalue weighted by Gasteiger charge is -2.21. The van der Waals surface area contributed by atoms with E-state index in [1.165, 1.54) is 0 Å². The van der Waals surface area contributed by atoms with Crippen LogP contribution in [0.4, 0.5) is 10.6 Å². The van der Waals surface area contributed by atoms with Crippen molar-refractivity contribution in [2.24, 2.45) is 0 Å². The van der Waals surface area contributed by atoms with Crippen LogP contribution in [-0.2, 0) is 0 Å². The molecule has 21 heavy (non-hydrogen) atoms. The first kappa shape index (κ1) is 12.9. The van der Waals surface area contributed by atoms with E-state index in [9.17, 15) is 9.90 Å². The van der Waals surface area contributed by atoms with Gasteiger partial charge in [-0.05, 0) is 35.2 Å². The molecule has 0 radical (unpaired) electrons. The topological polar surface area (TPSA) is 96.8 Å². The Morgan fingerprint density at radius 2 is 2.29 bits per heavy atom. The molecule has 110 valence electrons. The van der Waals surface area contributed by atoms with E-state index in [1.54, 1.807) is 11.1 Å². The Balaban J connectivity index is 1.82. The Morgan fingerprint density at radius 3 is 3.00 bits per heavy atom. The summed E-state index contributed by atoms with van der Waals surface area (Å²) >= 11 is 3.43. The van der Waals surface area contributed by atoms with Gasteiger partial charge in [0, 0.05) is 30.4 Å². The van der Waals surface area contributed by atoms with E-state index in [1.807, 2.05) is 10.6 Å². The average molecular weight is 352 g/mol. The number of fused-ring (bicyclic) bond motifs is 3. The molecule has 2 aromatic heterocycles. The Bertz CT molecular complexity index is 745. The lowest BCUT2D eigenvalue weighted by atomic mass is 9.88. The molecule has 3 unspecified atom stereocenters. The Labute approximate surface area is 128 Å². The van der Waals surface area contributed by atoms with Crippen LogP contribution in [0.5, 0.6) is 0 Å². The van der Waals surface area contributed by atoms with Gasteiger partial charge in [0.1, 0.15) is 15.9 Å². The van der Waals surface area contributed by atoms with Crippen molar-refractivity contribution < 1.29 is 9.90 Å². The molecule has 2 fully saturated rings. The minimum atomic E-state index is -0.828. The predicted octanol–water partition coefficient (Wildman–Crippen LogP) is 2.07. The number of carboxylic acid groups (broad SMARTS) is 1. The van der Waals surface area contributed by atoms with Gasteiger partial charge in [0.15, 0.2) is 5.82 Å². The summed E-state index contributed by atoms with van der Waals surface area (Å²) < 4.78 is 2.59. The van der Waals surface area contributed by atoms with Crippen molar-refractivity contribution in [2.45, 2.75) is 37.3 Å². The van der Waals surface area contributed by atoms with Crippen molar-refractivity contribution in [2.75, 3.05) is 5.73 Å². The number of carbonyl (C=O) groups is 1. The van der Waals surface area contributed by atoms with E-state index >= 15 is 0 Å². The van der Waals surface area contributed by atoms with Gasteiger partial charge in [-0.25, -0.2) is 14.8 Å². The number of amides is 1. The fraction of sp³-hybridized carbons (Fsp3) is 0.462. The second-order valence-corrected chi connectivity index (χ2v) is 6.37. The maximum Gasteiger partial charge on any atom is 0.407 e. The largest absolute Gasteiger partial charge is 0.465 e. The van der Waals surface area contributed by atoms with Crippen molar-refractivity contribution >= 4 is 33.4 Å². The van der Waals surface area contributed by atoms with Crippen LogP contribution in [0.2, 0.25) is 0 Å². The minimum Gasteiger partial charge on any atom is -0.465 e. The Hall–Kier alpha value is -1.83. The monoisotopic (exact) mass is 351 g/mol. The van der Waals surface area contributed by atoms with E-state index in [2.05, 4.69) is 25.9 Å². The third-order valence-electron chi connectivity index (χ3n) is 4.66. The Morgan fingerprint density at radius 1 is 1.48 bits per heavy atom. The molecule has 2 saturated heterocycles. The summed E-state index contributed by atoms with van der Waals surface area (Å²) in [5, 5.41) is 9.38. The number of imidazole rings is 1. The molecule has 0 aromatic carbocycles. The molecule has 7 nitrogen and oxygen atoms in total. The van der Waals surface area contributed by atoms with E-state index in [0.29, 0.717) is 10.4 Å². The molecule has 2 aliphatic rings. The van der Waals surface area contributed by atoms with Gasteiger partial charge < -0.3 is 15.7 Å². The third-order valence-corrected chi connectivity index (χ3v) is 5.21. The average Bonchev–Trinajstić information content (AvgIpc) is 3.10. The van der Waals surface area contributed by atoms with Crippen molar-refractivity contribution in [1.82, 2.24) is 19.3 Å².